The van der Waals surface area contributed by atoms with E-state index < -0.39 is 0 Å². The fourth-order valence-electron chi connectivity index (χ4n) is 1.25. The predicted octanol–water partition coefficient (Wildman–Crippen LogP) is 0.967. The first kappa shape index (κ1) is 10.9. The van der Waals surface area contributed by atoms with E-state index in [2.05, 4.69) is 37.3 Å². The second-order valence-corrected chi connectivity index (χ2v) is 3.48. The lowest BCUT2D eigenvalue weighted by Crippen LogP contribution is -2.05. The molecule has 2 rings (SSSR count). The van der Waals surface area contributed by atoms with E-state index in [9.17, 15) is 0 Å². The number of aromatic amines is 1. The molecule has 0 aromatic carbocycles. The lowest BCUT2D eigenvalue weighted by atomic mass is 10.3. The summed E-state index contributed by atoms with van der Waals surface area (Å²) in [5.41, 5.74) is 1.20. The number of H-pyrrole nitrogens is 1. The van der Waals surface area contributed by atoms with Crippen LogP contribution < -0.4 is 5.32 Å². The van der Waals surface area contributed by atoms with Gasteiger partial charge in [-0.15, -0.1) is 0 Å². The van der Waals surface area contributed by atoms with Gasteiger partial charge in [0.25, 0.3) is 0 Å². The maximum atomic E-state index is 5.95. The third-order valence-electron chi connectivity index (χ3n) is 2.02. The molecule has 0 atom stereocenters. The highest BCUT2D eigenvalue weighted by Gasteiger charge is 2.08. The molecule has 0 saturated carbocycles. The Morgan fingerprint density at radius 3 is 3.19 bits per heavy atom. The summed E-state index contributed by atoms with van der Waals surface area (Å²) in [6.07, 6.45) is 2.14. The van der Waals surface area contributed by atoms with Crippen LogP contribution in [0.3, 0.4) is 0 Å². The molecule has 0 unspecified atom stereocenters. The number of fused-ring (bicyclic) bond motifs is 1. The van der Waals surface area contributed by atoms with E-state index in [0.717, 1.165) is 13.0 Å². The van der Waals surface area contributed by atoms with E-state index in [1.165, 1.54) is 6.33 Å². The van der Waals surface area contributed by atoms with Crippen LogP contribution in [0.4, 0.5) is 0 Å². The van der Waals surface area contributed by atoms with Crippen molar-refractivity contribution >= 4 is 22.6 Å². The van der Waals surface area contributed by atoms with Crippen molar-refractivity contribution in [2.24, 2.45) is 0 Å². The summed E-state index contributed by atoms with van der Waals surface area (Å²) in [6, 6.07) is 0. The predicted molar refractivity (Wildman–Crippen MR) is 62.1 cm³/mol. The van der Waals surface area contributed by atoms with Gasteiger partial charge in [-0.25, -0.2) is 9.97 Å². The molecule has 0 bridgehead atoms. The van der Waals surface area contributed by atoms with Crippen LogP contribution in [-0.2, 0) is 0 Å². The molecule has 5 nitrogen and oxygen atoms in total. The van der Waals surface area contributed by atoms with Crippen LogP contribution in [0.25, 0.3) is 11.0 Å². The summed E-state index contributed by atoms with van der Waals surface area (Å²) in [5, 5.41) is 10.9. The van der Waals surface area contributed by atoms with Crippen molar-refractivity contribution < 1.29 is 0 Å². The smallest absolute Gasteiger partial charge is 0.186 e. The van der Waals surface area contributed by atoms with Crippen LogP contribution in [-0.4, -0.2) is 33.8 Å². The molecule has 0 fully saturated rings. The zero-order valence-electron chi connectivity index (χ0n) is 8.71. The Hall–Kier alpha value is -1.64. The van der Waals surface area contributed by atoms with Gasteiger partial charge in [-0.3, -0.25) is 5.10 Å². The van der Waals surface area contributed by atoms with Crippen molar-refractivity contribution in [2.75, 3.05) is 13.6 Å². The fraction of sp³-hybridized carbons (Fsp3) is 0.300. The lowest BCUT2D eigenvalue weighted by Gasteiger charge is -1.90. The molecule has 0 amide bonds. The largest absolute Gasteiger partial charge is 0.319 e. The standard InChI is InChI=1S/C10H10ClN5/c1-12-5-3-2-4-7-8-9(11)13-6-14-10(8)16-15-7/h6,12H,3,5H2,1H3,(H,13,14,15,16). The normalized spacial score (nSPS) is 10.1. The first-order valence-electron chi connectivity index (χ1n) is 4.81. The number of aromatic nitrogens is 4. The summed E-state index contributed by atoms with van der Waals surface area (Å²) in [5.74, 6) is 5.98. The van der Waals surface area contributed by atoms with Crippen LogP contribution in [0, 0.1) is 11.8 Å². The molecule has 2 heterocycles. The van der Waals surface area contributed by atoms with E-state index in [0.29, 0.717) is 21.9 Å². The molecular weight excluding hydrogens is 226 g/mol. The Morgan fingerprint density at radius 2 is 2.38 bits per heavy atom. The minimum Gasteiger partial charge on any atom is -0.319 e. The minimum absolute atomic E-state index is 0.372. The molecule has 6 heteroatoms. The maximum absolute atomic E-state index is 5.95. The van der Waals surface area contributed by atoms with Gasteiger partial charge in [-0.2, -0.15) is 5.10 Å². The van der Waals surface area contributed by atoms with Gasteiger partial charge in [-0.1, -0.05) is 17.5 Å². The Morgan fingerprint density at radius 1 is 1.50 bits per heavy atom. The third kappa shape index (κ3) is 2.13. The van der Waals surface area contributed by atoms with Crippen LogP contribution in [0.2, 0.25) is 5.15 Å². The fourth-order valence-corrected chi connectivity index (χ4v) is 1.47. The molecule has 0 radical (unpaired) electrons. The first-order chi connectivity index (χ1) is 7.83. The zero-order valence-corrected chi connectivity index (χ0v) is 9.47. The highest BCUT2D eigenvalue weighted by molar-refractivity contribution is 6.34. The maximum Gasteiger partial charge on any atom is 0.186 e. The van der Waals surface area contributed by atoms with E-state index in [-0.39, 0.29) is 0 Å². The number of hydrogen-bond donors (Lipinski definition) is 2. The van der Waals surface area contributed by atoms with Crippen molar-refractivity contribution in [2.45, 2.75) is 6.42 Å². The molecule has 0 aliphatic carbocycles. The van der Waals surface area contributed by atoms with Crippen molar-refractivity contribution in [1.29, 1.82) is 0 Å². The van der Waals surface area contributed by atoms with Crippen LogP contribution in [0.5, 0.6) is 0 Å². The SMILES string of the molecule is CNCCC#Cc1[nH]nc2ncnc(Cl)c12. The number of rotatable bonds is 2. The minimum atomic E-state index is 0.372. The number of nitrogens with one attached hydrogen (secondary N) is 2. The van der Waals surface area contributed by atoms with Gasteiger partial charge in [-0.05, 0) is 13.0 Å². The average molecular weight is 236 g/mol. The summed E-state index contributed by atoms with van der Waals surface area (Å²) in [6.45, 7) is 0.850. The van der Waals surface area contributed by atoms with E-state index in [1.807, 2.05) is 7.05 Å². The zero-order chi connectivity index (χ0) is 11.4. The van der Waals surface area contributed by atoms with Crippen molar-refractivity contribution in [3.05, 3.63) is 17.2 Å². The van der Waals surface area contributed by atoms with Crippen LogP contribution in [0.1, 0.15) is 12.1 Å². The quantitative estimate of drug-likeness (QED) is 0.462. The van der Waals surface area contributed by atoms with Gasteiger partial charge in [0.05, 0.1) is 5.39 Å². The summed E-state index contributed by atoms with van der Waals surface area (Å²) in [4.78, 5) is 7.89. The van der Waals surface area contributed by atoms with Crippen molar-refractivity contribution in [1.82, 2.24) is 25.5 Å². The lowest BCUT2D eigenvalue weighted by molar-refractivity contribution is 0.818. The highest BCUT2D eigenvalue weighted by atomic mass is 35.5. The second-order valence-electron chi connectivity index (χ2n) is 3.12. The number of nitrogens with zero attached hydrogens (tertiary/aromatic N) is 3. The monoisotopic (exact) mass is 235 g/mol. The first-order valence-corrected chi connectivity index (χ1v) is 5.18. The van der Waals surface area contributed by atoms with Gasteiger partial charge >= 0.3 is 0 Å². The Bertz CT molecular complexity index is 551. The van der Waals surface area contributed by atoms with E-state index >= 15 is 0 Å². The summed E-state index contributed by atoms with van der Waals surface area (Å²) < 4.78 is 0. The second kappa shape index (κ2) is 4.92. The molecule has 2 aromatic heterocycles. The molecule has 2 N–H and O–H groups in total. The van der Waals surface area contributed by atoms with Crippen molar-refractivity contribution in [3.8, 4) is 11.8 Å². The average Bonchev–Trinajstić information content (AvgIpc) is 2.69. The molecular formula is C10H10ClN5. The molecule has 0 saturated heterocycles. The van der Waals surface area contributed by atoms with E-state index in [4.69, 9.17) is 11.6 Å². The van der Waals surface area contributed by atoms with Gasteiger partial charge in [0.1, 0.15) is 17.2 Å². The topological polar surface area (TPSA) is 66.5 Å². The summed E-state index contributed by atoms with van der Waals surface area (Å²) in [7, 11) is 1.89. The van der Waals surface area contributed by atoms with Gasteiger partial charge in [0, 0.05) is 13.0 Å². The highest BCUT2D eigenvalue weighted by Crippen LogP contribution is 2.19. The third-order valence-corrected chi connectivity index (χ3v) is 2.30. The Balaban J connectivity index is 2.33. The van der Waals surface area contributed by atoms with Gasteiger partial charge < -0.3 is 5.32 Å². The van der Waals surface area contributed by atoms with Crippen molar-refractivity contribution in [3.63, 3.8) is 0 Å². The summed E-state index contributed by atoms with van der Waals surface area (Å²) >= 11 is 5.95. The van der Waals surface area contributed by atoms with Gasteiger partial charge in [0.2, 0.25) is 0 Å². The molecule has 2 aromatic rings. The van der Waals surface area contributed by atoms with E-state index in [1.54, 1.807) is 0 Å². The molecule has 82 valence electrons. The molecule has 16 heavy (non-hydrogen) atoms. The molecule has 0 aliphatic rings. The van der Waals surface area contributed by atoms with Crippen LogP contribution >= 0.6 is 11.6 Å². The Labute approximate surface area is 97.6 Å². The van der Waals surface area contributed by atoms with Crippen LogP contribution in [0.15, 0.2) is 6.33 Å². The number of hydrogen-bond acceptors (Lipinski definition) is 4. The molecule has 0 aliphatic heterocycles. The Kier molecular flexibility index (Phi) is 3.34. The van der Waals surface area contributed by atoms with Gasteiger partial charge in [0.15, 0.2) is 5.65 Å². The molecule has 0 spiro atoms. The number of halogens is 1.